The molecule has 0 saturated heterocycles. The Morgan fingerprint density at radius 2 is 1.90 bits per heavy atom. The van der Waals surface area contributed by atoms with E-state index < -0.39 is 10.0 Å². The standard InChI is InChI=1S/C14H25N3O3S/c1-12(17(2)3)11-16-21(18,19)14-7-5-13(6-8-14)20-10-4-9-15/h5-8,12,16H,4,9-11,15H2,1-3H3. The quantitative estimate of drug-likeness (QED) is 0.653. The number of ether oxygens (including phenoxy) is 1. The van der Waals surface area contributed by atoms with Crippen LogP contribution in [0.3, 0.4) is 0 Å². The van der Waals surface area contributed by atoms with Crippen LogP contribution in [0.25, 0.3) is 0 Å². The van der Waals surface area contributed by atoms with Gasteiger partial charge in [0.2, 0.25) is 10.0 Å². The third-order valence-electron chi connectivity index (χ3n) is 3.20. The second-order valence-corrected chi connectivity index (χ2v) is 6.89. The summed E-state index contributed by atoms with van der Waals surface area (Å²) in [6.45, 7) is 3.42. The van der Waals surface area contributed by atoms with Crippen molar-refractivity contribution in [3.8, 4) is 5.75 Å². The Hall–Kier alpha value is -1.15. The summed E-state index contributed by atoms with van der Waals surface area (Å²) in [5, 5.41) is 0. The molecule has 0 aliphatic carbocycles. The van der Waals surface area contributed by atoms with Crippen molar-refractivity contribution < 1.29 is 13.2 Å². The van der Waals surface area contributed by atoms with Gasteiger partial charge < -0.3 is 15.4 Å². The Labute approximate surface area is 127 Å². The van der Waals surface area contributed by atoms with Crippen molar-refractivity contribution in [3.63, 3.8) is 0 Å². The number of hydrogen-bond acceptors (Lipinski definition) is 5. The Bertz CT molecular complexity index is 515. The number of rotatable bonds is 9. The molecular formula is C14H25N3O3S. The van der Waals surface area contributed by atoms with Crippen LogP contribution in [-0.2, 0) is 10.0 Å². The minimum absolute atomic E-state index is 0.124. The third kappa shape index (κ3) is 6.01. The van der Waals surface area contributed by atoms with Crippen LogP contribution in [0.2, 0.25) is 0 Å². The maximum Gasteiger partial charge on any atom is 0.240 e. The minimum atomic E-state index is -3.48. The van der Waals surface area contributed by atoms with E-state index in [-0.39, 0.29) is 10.9 Å². The molecule has 1 aromatic rings. The van der Waals surface area contributed by atoms with Gasteiger partial charge in [-0.3, -0.25) is 0 Å². The molecule has 21 heavy (non-hydrogen) atoms. The van der Waals surface area contributed by atoms with E-state index in [1.54, 1.807) is 24.3 Å². The first kappa shape index (κ1) is 17.9. The van der Waals surface area contributed by atoms with Crippen LogP contribution in [0.1, 0.15) is 13.3 Å². The molecule has 7 heteroatoms. The molecular weight excluding hydrogens is 290 g/mol. The summed E-state index contributed by atoms with van der Waals surface area (Å²) < 4.78 is 32.3. The van der Waals surface area contributed by atoms with Gasteiger partial charge >= 0.3 is 0 Å². The molecule has 1 rings (SSSR count). The largest absolute Gasteiger partial charge is 0.494 e. The highest BCUT2D eigenvalue weighted by atomic mass is 32.2. The van der Waals surface area contributed by atoms with Crippen molar-refractivity contribution in [2.24, 2.45) is 5.73 Å². The van der Waals surface area contributed by atoms with E-state index in [2.05, 4.69) is 4.72 Å². The maximum atomic E-state index is 12.1. The lowest BCUT2D eigenvalue weighted by molar-refractivity contribution is 0.313. The van der Waals surface area contributed by atoms with Crippen LogP contribution in [-0.4, -0.2) is 53.2 Å². The first-order valence-corrected chi connectivity index (χ1v) is 8.44. The van der Waals surface area contributed by atoms with Gasteiger partial charge in [0.25, 0.3) is 0 Å². The van der Waals surface area contributed by atoms with Gasteiger partial charge in [0.05, 0.1) is 11.5 Å². The smallest absolute Gasteiger partial charge is 0.240 e. The number of nitrogens with one attached hydrogen (secondary N) is 1. The molecule has 0 aromatic heterocycles. The zero-order chi connectivity index (χ0) is 15.9. The van der Waals surface area contributed by atoms with Crippen LogP contribution in [0.15, 0.2) is 29.2 Å². The van der Waals surface area contributed by atoms with Crippen LogP contribution in [0.4, 0.5) is 0 Å². The van der Waals surface area contributed by atoms with Gasteiger partial charge in [-0.1, -0.05) is 0 Å². The Kier molecular flexibility index (Phi) is 7.10. The lowest BCUT2D eigenvalue weighted by Gasteiger charge is -2.20. The van der Waals surface area contributed by atoms with E-state index in [1.165, 1.54) is 0 Å². The highest BCUT2D eigenvalue weighted by molar-refractivity contribution is 7.89. The molecule has 1 atom stereocenters. The van der Waals surface area contributed by atoms with Crippen LogP contribution in [0.5, 0.6) is 5.75 Å². The van der Waals surface area contributed by atoms with E-state index in [1.807, 2.05) is 25.9 Å². The average molecular weight is 315 g/mol. The molecule has 0 fully saturated rings. The predicted octanol–water partition coefficient (Wildman–Crippen LogP) is 0.643. The van der Waals surface area contributed by atoms with Crippen molar-refractivity contribution >= 4 is 10.0 Å². The van der Waals surface area contributed by atoms with Gasteiger partial charge in [-0.15, -0.1) is 0 Å². The fourth-order valence-electron chi connectivity index (χ4n) is 1.48. The second-order valence-electron chi connectivity index (χ2n) is 5.13. The molecule has 0 amide bonds. The van der Waals surface area contributed by atoms with Crippen LogP contribution < -0.4 is 15.2 Å². The van der Waals surface area contributed by atoms with E-state index >= 15 is 0 Å². The van der Waals surface area contributed by atoms with Gasteiger partial charge in [0.15, 0.2) is 0 Å². The van der Waals surface area contributed by atoms with Crippen molar-refractivity contribution in [2.75, 3.05) is 33.8 Å². The molecule has 6 nitrogen and oxygen atoms in total. The third-order valence-corrected chi connectivity index (χ3v) is 4.64. The van der Waals surface area contributed by atoms with Gasteiger partial charge in [0, 0.05) is 12.6 Å². The van der Waals surface area contributed by atoms with Crippen LogP contribution >= 0.6 is 0 Å². The molecule has 0 bridgehead atoms. The molecule has 120 valence electrons. The molecule has 0 heterocycles. The second kappa shape index (κ2) is 8.33. The molecule has 0 spiro atoms. The summed E-state index contributed by atoms with van der Waals surface area (Å²) in [5.41, 5.74) is 5.38. The molecule has 1 aromatic carbocycles. The number of hydrogen-bond donors (Lipinski definition) is 2. The SMILES string of the molecule is CC(CNS(=O)(=O)c1ccc(OCCCN)cc1)N(C)C. The Morgan fingerprint density at radius 3 is 2.43 bits per heavy atom. The molecule has 0 aliphatic rings. The molecule has 0 aliphatic heterocycles. The van der Waals surface area contributed by atoms with Crippen molar-refractivity contribution in [2.45, 2.75) is 24.3 Å². The van der Waals surface area contributed by atoms with E-state index in [4.69, 9.17) is 10.5 Å². The Balaban J connectivity index is 2.62. The summed E-state index contributed by atoms with van der Waals surface area (Å²) in [7, 11) is 0.335. The number of nitrogens with two attached hydrogens (primary N) is 1. The molecule has 0 radical (unpaired) electrons. The predicted molar refractivity (Wildman–Crippen MR) is 83.9 cm³/mol. The minimum Gasteiger partial charge on any atom is -0.494 e. The Morgan fingerprint density at radius 1 is 1.29 bits per heavy atom. The summed E-state index contributed by atoms with van der Waals surface area (Å²) in [4.78, 5) is 2.19. The van der Waals surface area contributed by atoms with E-state index in [0.29, 0.717) is 25.4 Å². The fourth-order valence-corrected chi connectivity index (χ4v) is 2.61. The summed E-state index contributed by atoms with van der Waals surface area (Å²) in [6, 6.07) is 6.51. The highest BCUT2D eigenvalue weighted by Crippen LogP contribution is 2.16. The molecule has 0 saturated carbocycles. The first-order valence-electron chi connectivity index (χ1n) is 6.96. The van der Waals surface area contributed by atoms with E-state index in [9.17, 15) is 8.42 Å². The summed E-state index contributed by atoms with van der Waals surface area (Å²) >= 11 is 0. The van der Waals surface area contributed by atoms with Gasteiger partial charge in [0.1, 0.15) is 5.75 Å². The van der Waals surface area contributed by atoms with Crippen molar-refractivity contribution in [3.05, 3.63) is 24.3 Å². The molecule has 1 unspecified atom stereocenters. The highest BCUT2D eigenvalue weighted by Gasteiger charge is 2.15. The zero-order valence-corrected chi connectivity index (χ0v) is 13.7. The lowest BCUT2D eigenvalue weighted by atomic mass is 10.3. The van der Waals surface area contributed by atoms with Gasteiger partial charge in [-0.25, -0.2) is 13.1 Å². The van der Waals surface area contributed by atoms with Crippen molar-refractivity contribution in [1.29, 1.82) is 0 Å². The average Bonchev–Trinajstić information content (AvgIpc) is 2.45. The summed E-state index contributed by atoms with van der Waals surface area (Å²) in [5.74, 6) is 0.643. The van der Waals surface area contributed by atoms with E-state index in [0.717, 1.165) is 6.42 Å². The number of benzene rings is 1. The summed E-state index contributed by atoms with van der Waals surface area (Å²) in [6.07, 6.45) is 0.768. The number of sulfonamides is 1. The van der Waals surface area contributed by atoms with Gasteiger partial charge in [-0.2, -0.15) is 0 Å². The molecule has 3 N–H and O–H groups in total. The number of likely N-dealkylation sites (N-methyl/N-ethyl adjacent to an activating group) is 1. The first-order chi connectivity index (χ1) is 9.86. The van der Waals surface area contributed by atoms with Crippen LogP contribution in [0, 0.1) is 0 Å². The monoisotopic (exact) mass is 315 g/mol. The normalized spacial score (nSPS) is 13.4. The lowest BCUT2D eigenvalue weighted by Crippen LogP contribution is -2.38. The van der Waals surface area contributed by atoms with Crippen molar-refractivity contribution in [1.82, 2.24) is 9.62 Å². The zero-order valence-electron chi connectivity index (χ0n) is 12.9. The fraction of sp³-hybridized carbons (Fsp3) is 0.571. The van der Waals surface area contributed by atoms with Gasteiger partial charge in [-0.05, 0) is 58.3 Å². The number of nitrogens with zero attached hydrogens (tertiary/aromatic N) is 1. The maximum absolute atomic E-state index is 12.1. The topological polar surface area (TPSA) is 84.7 Å².